The Kier molecular flexibility index (Phi) is 8.39. The molecule has 0 saturated heterocycles. The third-order valence-corrected chi connectivity index (χ3v) is 3.72. The van der Waals surface area contributed by atoms with Crippen molar-refractivity contribution >= 4 is 35.2 Å². The Balaban J connectivity index is 2.71. The molecule has 1 aromatic carbocycles. The molecule has 0 saturated carbocycles. The highest BCUT2D eigenvalue weighted by atomic mass is 35.5. The van der Waals surface area contributed by atoms with Crippen LogP contribution in [0.2, 0.25) is 10.0 Å². The number of halogens is 2. The van der Waals surface area contributed by atoms with E-state index in [2.05, 4.69) is 10.6 Å². The van der Waals surface area contributed by atoms with Gasteiger partial charge in [0.05, 0.1) is 12.2 Å². The van der Waals surface area contributed by atoms with E-state index >= 15 is 0 Å². The van der Waals surface area contributed by atoms with E-state index in [0.29, 0.717) is 15.6 Å². The van der Waals surface area contributed by atoms with E-state index in [4.69, 9.17) is 32.7 Å². The van der Waals surface area contributed by atoms with Crippen LogP contribution in [-0.2, 0) is 20.8 Å². The third kappa shape index (κ3) is 9.84. The van der Waals surface area contributed by atoms with Crippen LogP contribution in [0.1, 0.15) is 47.1 Å². The Labute approximate surface area is 170 Å². The summed E-state index contributed by atoms with van der Waals surface area (Å²) in [5.41, 5.74) is -0.433. The highest BCUT2D eigenvalue weighted by molar-refractivity contribution is 6.35. The predicted molar refractivity (Wildman–Crippen MR) is 107 cm³/mol. The fourth-order valence-corrected chi connectivity index (χ4v) is 2.40. The number of ether oxygens (including phenoxy) is 2. The van der Waals surface area contributed by atoms with Crippen molar-refractivity contribution in [1.82, 2.24) is 10.6 Å². The monoisotopic (exact) mass is 418 g/mol. The number of urea groups is 1. The van der Waals surface area contributed by atoms with Gasteiger partial charge in [-0.3, -0.25) is 0 Å². The lowest BCUT2D eigenvalue weighted by molar-refractivity contribution is -0.160. The fourth-order valence-electron chi connectivity index (χ4n) is 1.92. The van der Waals surface area contributed by atoms with Gasteiger partial charge in [-0.2, -0.15) is 0 Å². The van der Waals surface area contributed by atoms with Crippen LogP contribution in [-0.4, -0.2) is 35.9 Å². The van der Waals surface area contributed by atoms with E-state index in [0.717, 1.165) is 0 Å². The zero-order chi connectivity index (χ0) is 20.8. The highest BCUT2D eigenvalue weighted by Gasteiger charge is 2.28. The number of hydrogen-bond acceptors (Lipinski definition) is 4. The van der Waals surface area contributed by atoms with Crippen LogP contribution in [0.3, 0.4) is 0 Å². The second-order valence-corrected chi connectivity index (χ2v) is 8.92. The van der Waals surface area contributed by atoms with E-state index < -0.39 is 29.2 Å². The van der Waals surface area contributed by atoms with Gasteiger partial charge in [-0.1, -0.05) is 29.3 Å². The van der Waals surface area contributed by atoms with Crippen molar-refractivity contribution in [1.29, 1.82) is 0 Å². The van der Waals surface area contributed by atoms with E-state index in [1.165, 1.54) is 0 Å². The van der Waals surface area contributed by atoms with Crippen molar-refractivity contribution in [2.75, 3.05) is 6.61 Å². The molecule has 152 valence electrons. The van der Waals surface area contributed by atoms with Crippen LogP contribution in [0.25, 0.3) is 0 Å². The van der Waals surface area contributed by atoms with Gasteiger partial charge >= 0.3 is 12.0 Å². The smallest absolute Gasteiger partial charge is 0.331 e. The van der Waals surface area contributed by atoms with Crippen LogP contribution in [0, 0.1) is 0 Å². The summed E-state index contributed by atoms with van der Waals surface area (Å²) in [6, 6.07) is 3.53. The first-order valence-corrected chi connectivity index (χ1v) is 9.37. The van der Waals surface area contributed by atoms with E-state index in [1.54, 1.807) is 39.0 Å². The summed E-state index contributed by atoms with van der Waals surface area (Å²) in [4.78, 5) is 24.6. The molecule has 8 heteroatoms. The van der Waals surface area contributed by atoms with Gasteiger partial charge in [0, 0.05) is 16.6 Å². The molecule has 0 aliphatic heterocycles. The van der Waals surface area contributed by atoms with Crippen molar-refractivity contribution < 1.29 is 19.1 Å². The second kappa shape index (κ2) is 9.62. The summed E-state index contributed by atoms with van der Waals surface area (Å²) in [5, 5.41) is 6.22. The summed E-state index contributed by atoms with van der Waals surface area (Å²) in [6.07, 6.45) is 0. The summed E-state index contributed by atoms with van der Waals surface area (Å²) in [6.45, 7) is 11.0. The van der Waals surface area contributed by atoms with Crippen molar-refractivity contribution in [3.05, 3.63) is 33.8 Å². The van der Waals surface area contributed by atoms with Gasteiger partial charge in [0.25, 0.3) is 0 Å². The van der Waals surface area contributed by atoms with Gasteiger partial charge in [0.1, 0.15) is 5.60 Å². The maximum absolute atomic E-state index is 12.4. The summed E-state index contributed by atoms with van der Waals surface area (Å²) < 4.78 is 11.0. The molecule has 6 nitrogen and oxygen atoms in total. The van der Waals surface area contributed by atoms with Gasteiger partial charge in [-0.25, -0.2) is 9.59 Å². The number of carbonyl (C=O) groups excluding carboxylic acids is 2. The molecule has 1 unspecified atom stereocenters. The average Bonchev–Trinajstić information content (AvgIpc) is 2.47. The third-order valence-electron chi connectivity index (χ3n) is 3.13. The molecule has 0 aliphatic carbocycles. The molecule has 1 rings (SSSR count). The van der Waals surface area contributed by atoms with Crippen LogP contribution in [0.4, 0.5) is 4.79 Å². The topological polar surface area (TPSA) is 76.7 Å². The molecule has 0 spiro atoms. The minimum atomic E-state index is -0.941. The molecule has 0 radical (unpaired) electrons. The molecule has 0 aliphatic rings. The number of rotatable bonds is 6. The van der Waals surface area contributed by atoms with Gasteiger partial charge in [-0.15, -0.1) is 0 Å². The number of hydrogen-bond donors (Lipinski definition) is 2. The Morgan fingerprint density at radius 2 is 1.70 bits per heavy atom. The standard InChI is InChI=1S/C19H28Cl2N2O4/c1-18(2,3)26-11-15(16(24)27-19(4,5)6)23-17(25)22-10-12-7-8-13(20)9-14(12)21/h7-9,15H,10-11H2,1-6H3,(H2,22,23,25). The first kappa shape index (κ1) is 23.5. The average molecular weight is 419 g/mol. The maximum atomic E-state index is 12.4. The largest absolute Gasteiger partial charge is 0.458 e. The van der Waals surface area contributed by atoms with Crippen LogP contribution < -0.4 is 10.6 Å². The van der Waals surface area contributed by atoms with Gasteiger partial charge in [0.2, 0.25) is 0 Å². The highest BCUT2D eigenvalue weighted by Crippen LogP contribution is 2.20. The molecule has 2 N–H and O–H groups in total. The Bertz CT molecular complexity index is 667. The summed E-state index contributed by atoms with van der Waals surface area (Å²) >= 11 is 11.9. The Morgan fingerprint density at radius 1 is 1.07 bits per heavy atom. The van der Waals surface area contributed by atoms with Gasteiger partial charge in [0.15, 0.2) is 6.04 Å². The molecule has 0 bridgehead atoms. The zero-order valence-electron chi connectivity index (χ0n) is 16.6. The van der Waals surface area contributed by atoms with E-state index in [-0.39, 0.29) is 13.2 Å². The first-order valence-electron chi connectivity index (χ1n) is 8.62. The molecule has 0 aromatic heterocycles. The molecular formula is C19H28Cl2N2O4. The molecule has 27 heavy (non-hydrogen) atoms. The first-order chi connectivity index (χ1) is 12.3. The van der Waals surface area contributed by atoms with Crippen molar-refractivity contribution in [2.24, 2.45) is 0 Å². The van der Waals surface area contributed by atoms with Crippen LogP contribution in [0.15, 0.2) is 18.2 Å². The summed E-state index contributed by atoms with van der Waals surface area (Å²) in [5.74, 6) is -0.563. The molecule has 2 amide bonds. The van der Waals surface area contributed by atoms with Crippen molar-refractivity contribution in [2.45, 2.75) is 65.3 Å². The lowest BCUT2D eigenvalue weighted by atomic mass is 10.1. The van der Waals surface area contributed by atoms with Crippen molar-refractivity contribution in [3.63, 3.8) is 0 Å². The quantitative estimate of drug-likeness (QED) is 0.674. The molecular weight excluding hydrogens is 391 g/mol. The minimum Gasteiger partial charge on any atom is -0.458 e. The lowest BCUT2D eigenvalue weighted by Gasteiger charge is -2.27. The van der Waals surface area contributed by atoms with Gasteiger partial charge < -0.3 is 20.1 Å². The minimum absolute atomic E-state index is 0.00641. The van der Waals surface area contributed by atoms with Crippen LogP contribution >= 0.6 is 23.2 Å². The van der Waals surface area contributed by atoms with E-state index in [9.17, 15) is 9.59 Å². The number of benzene rings is 1. The SMILES string of the molecule is CC(C)(C)OCC(NC(=O)NCc1ccc(Cl)cc1Cl)C(=O)OC(C)(C)C. The maximum Gasteiger partial charge on any atom is 0.331 e. The Hall–Kier alpha value is -1.50. The van der Waals surface area contributed by atoms with E-state index in [1.807, 2.05) is 20.8 Å². The molecule has 0 fully saturated rings. The number of nitrogens with one attached hydrogen (secondary N) is 2. The predicted octanol–water partition coefficient (Wildman–Crippen LogP) is 4.32. The fraction of sp³-hybridized carbons (Fsp3) is 0.579. The molecule has 1 atom stereocenters. The Morgan fingerprint density at radius 3 is 2.22 bits per heavy atom. The number of esters is 1. The van der Waals surface area contributed by atoms with Crippen molar-refractivity contribution in [3.8, 4) is 0 Å². The number of amides is 2. The van der Waals surface area contributed by atoms with Crippen LogP contribution in [0.5, 0.6) is 0 Å². The normalized spacial score (nSPS) is 13.0. The summed E-state index contributed by atoms with van der Waals surface area (Å²) in [7, 11) is 0. The zero-order valence-corrected chi connectivity index (χ0v) is 18.1. The number of carbonyl (C=O) groups is 2. The second-order valence-electron chi connectivity index (χ2n) is 8.07. The molecule has 1 aromatic rings. The van der Waals surface area contributed by atoms with Gasteiger partial charge in [-0.05, 0) is 59.2 Å². The lowest BCUT2D eigenvalue weighted by Crippen LogP contribution is -2.51. The molecule has 0 heterocycles.